The quantitative estimate of drug-likeness (QED) is 0.630. The molecule has 2 nitrogen and oxygen atoms in total. The van der Waals surface area contributed by atoms with Gasteiger partial charge in [-0.15, -0.1) is 0 Å². The van der Waals surface area contributed by atoms with Crippen molar-refractivity contribution in [1.82, 2.24) is 4.57 Å². The largest absolute Gasteiger partial charge is 0.353 e. The smallest absolute Gasteiger partial charge is 0.101 e. The van der Waals surface area contributed by atoms with E-state index in [1.54, 1.807) is 0 Å². The molecule has 0 atom stereocenters. The Morgan fingerprint density at radius 3 is 2.82 bits per heavy atom. The summed E-state index contributed by atoms with van der Waals surface area (Å²) in [4.78, 5) is 0. The first-order valence-electron chi connectivity index (χ1n) is 3.78. The molecule has 0 saturated heterocycles. The van der Waals surface area contributed by atoms with E-state index < -0.39 is 0 Å². The molecule has 11 heavy (non-hydrogen) atoms. The van der Waals surface area contributed by atoms with Gasteiger partial charge in [-0.1, -0.05) is 13.8 Å². The molecule has 0 amide bonds. The van der Waals surface area contributed by atoms with Crippen molar-refractivity contribution in [3.63, 3.8) is 0 Å². The van der Waals surface area contributed by atoms with Gasteiger partial charge in [0.2, 0.25) is 0 Å². The summed E-state index contributed by atoms with van der Waals surface area (Å²) in [5.41, 5.74) is 0.741. The van der Waals surface area contributed by atoms with Crippen molar-refractivity contribution in [1.29, 1.82) is 5.26 Å². The van der Waals surface area contributed by atoms with Crippen LogP contribution in [-0.2, 0) is 6.54 Å². The second-order valence-corrected chi connectivity index (χ2v) is 3.10. The number of rotatable bonds is 2. The Hall–Kier alpha value is -1.23. The van der Waals surface area contributed by atoms with Crippen LogP contribution in [0.5, 0.6) is 0 Å². The maximum atomic E-state index is 8.52. The van der Waals surface area contributed by atoms with E-state index in [0.717, 1.165) is 12.1 Å². The summed E-state index contributed by atoms with van der Waals surface area (Å²) in [6, 6.07) is 3.94. The lowest BCUT2D eigenvalue weighted by Crippen LogP contribution is -2.00. The van der Waals surface area contributed by atoms with Gasteiger partial charge in [0, 0.05) is 18.9 Å². The molecular weight excluding hydrogens is 136 g/mol. The van der Waals surface area contributed by atoms with Crippen molar-refractivity contribution in [2.24, 2.45) is 5.92 Å². The van der Waals surface area contributed by atoms with Crippen LogP contribution in [0.1, 0.15) is 19.4 Å². The molecule has 1 heterocycles. The lowest BCUT2D eigenvalue weighted by Gasteiger charge is -2.04. The van der Waals surface area contributed by atoms with Crippen molar-refractivity contribution in [2.75, 3.05) is 0 Å². The number of nitrogens with zero attached hydrogens (tertiary/aromatic N) is 2. The third kappa shape index (κ3) is 2.12. The van der Waals surface area contributed by atoms with Gasteiger partial charge in [-0.3, -0.25) is 0 Å². The Kier molecular flexibility index (Phi) is 2.32. The highest BCUT2D eigenvalue weighted by Crippen LogP contribution is 2.03. The van der Waals surface area contributed by atoms with Gasteiger partial charge < -0.3 is 4.57 Å². The second kappa shape index (κ2) is 3.25. The summed E-state index contributed by atoms with van der Waals surface area (Å²) in [6.07, 6.45) is 3.82. The molecule has 1 aromatic heterocycles. The van der Waals surface area contributed by atoms with Crippen molar-refractivity contribution in [2.45, 2.75) is 20.4 Å². The normalized spacial score (nSPS) is 10.0. The minimum atomic E-state index is 0.633. The fraction of sp³-hybridized carbons (Fsp3) is 0.444. The monoisotopic (exact) mass is 148 g/mol. The lowest BCUT2D eigenvalue weighted by molar-refractivity contribution is 0.525. The number of aromatic nitrogens is 1. The fourth-order valence-electron chi connectivity index (χ4n) is 1.04. The van der Waals surface area contributed by atoms with Crippen LogP contribution in [0.2, 0.25) is 0 Å². The highest BCUT2D eigenvalue weighted by Gasteiger charge is 1.96. The Labute approximate surface area is 67.1 Å². The van der Waals surface area contributed by atoms with E-state index in [-0.39, 0.29) is 0 Å². The highest BCUT2D eigenvalue weighted by atomic mass is 14.9. The molecule has 1 aromatic rings. The van der Waals surface area contributed by atoms with E-state index >= 15 is 0 Å². The Balaban J connectivity index is 2.67. The molecule has 58 valence electrons. The van der Waals surface area contributed by atoms with Crippen LogP contribution < -0.4 is 0 Å². The first kappa shape index (κ1) is 7.87. The average Bonchev–Trinajstić information content (AvgIpc) is 2.34. The zero-order valence-corrected chi connectivity index (χ0v) is 6.91. The fourth-order valence-corrected chi connectivity index (χ4v) is 1.04. The molecular formula is C9H12N2. The van der Waals surface area contributed by atoms with Gasteiger partial charge in [0.25, 0.3) is 0 Å². The molecule has 0 aromatic carbocycles. The van der Waals surface area contributed by atoms with Crippen molar-refractivity contribution in [3.05, 3.63) is 24.0 Å². The predicted molar refractivity (Wildman–Crippen MR) is 44.0 cm³/mol. The molecule has 0 unspecified atom stereocenters. The minimum Gasteiger partial charge on any atom is -0.353 e. The third-order valence-electron chi connectivity index (χ3n) is 1.46. The number of nitriles is 1. The third-order valence-corrected chi connectivity index (χ3v) is 1.46. The summed E-state index contributed by atoms with van der Waals surface area (Å²) < 4.78 is 2.04. The summed E-state index contributed by atoms with van der Waals surface area (Å²) >= 11 is 0. The molecule has 0 fully saturated rings. The van der Waals surface area contributed by atoms with Crippen LogP contribution in [0.3, 0.4) is 0 Å². The maximum Gasteiger partial charge on any atom is 0.101 e. The Bertz CT molecular complexity index is 265. The van der Waals surface area contributed by atoms with E-state index in [2.05, 4.69) is 19.9 Å². The Morgan fingerprint density at radius 2 is 2.36 bits per heavy atom. The summed E-state index contributed by atoms with van der Waals surface area (Å²) in [7, 11) is 0. The van der Waals surface area contributed by atoms with Crippen LogP contribution in [-0.4, -0.2) is 4.57 Å². The number of hydrogen-bond acceptors (Lipinski definition) is 1. The zero-order chi connectivity index (χ0) is 8.27. The van der Waals surface area contributed by atoms with Gasteiger partial charge in [-0.25, -0.2) is 0 Å². The van der Waals surface area contributed by atoms with Crippen molar-refractivity contribution in [3.8, 4) is 6.07 Å². The topological polar surface area (TPSA) is 28.7 Å². The van der Waals surface area contributed by atoms with Crippen LogP contribution in [0.4, 0.5) is 0 Å². The van der Waals surface area contributed by atoms with E-state index in [1.165, 1.54) is 0 Å². The van der Waals surface area contributed by atoms with Crippen LogP contribution in [0, 0.1) is 17.2 Å². The SMILES string of the molecule is CC(C)Cn1ccc(C#N)c1. The summed E-state index contributed by atoms with van der Waals surface area (Å²) in [5, 5.41) is 8.52. The first-order chi connectivity index (χ1) is 5.22. The van der Waals surface area contributed by atoms with Gasteiger partial charge in [0.15, 0.2) is 0 Å². The van der Waals surface area contributed by atoms with Gasteiger partial charge in [-0.05, 0) is 12.0 Å². The van der Waals surface area contributed by atoms with E-state index in [4.69, 9.17) is 5.26 Å². The minimum absolute atomic E-state index is 0.633. The molecule has 0 bridgehead atoms. The van der Waals surface area contributed by atoms with Gasteiger partial charge in [0.05, 0.1) is 5.56 Å². The molecule has 0 spiro atoms. The van der Waals surface area contributed by atoms with Crippen LogP contribution in [0.25, 0.3) is 0 Å². The van der Waals surface area contributed by atoms with Gasteiger partial charge >= 0.3 is 0 Å². The Morgan fingerprint density at radius 1 is 1.64 bits per heavy atom. The summed E-state index contributed by atoms with van der Waals surface area (Å²) in [6.45, 7) is 5.31. The molecule has 2 heteroatoms. The average molecular weight is 148 g/mol. The number of hydrogen-bond donors (Lipinski definition) is 0. The maximum absolute atomic E-state index is 8.52. The van der Waals surface area contributed by atoms with E-state index in [1.807, 2.05) is 23.0 Å². The summed E-state index contributed by atoms with van der Waals surface area (Å²) in [5.74, 6) is 0.633. The lowest BCUT2D eigenvalue weighted by atomic mass is 10.2. The molecule has 0 saturated carbocycles. The van der Waals surface area contributed by atoms with E-state index in [0.29, 0.717) is 5.92 Å². The van der Waals surface area contributed by atoms with Crippen LogP contribution in [0.15, 0.2) is 18.5 Å². The van der Waals surface area contributed by atoms with Gasteiger partial charge in [0.1, 0.15) is 6.07 Å². The van der Waals surface area contributed by atoms with Crippen molar-refractivity contribution < 1.29 is 0 Å². The standard InChI is InChI=1S/C9H12N2/c1-8(2)6-11-4-3-9(5-10)7-11/h3-4,7-8H,6H2,1-2H3. The zero-order valence-electron chi connectivity index (χ0n) is 6.91. The molecule has 0 aliphatic carbocycles. The molecule has 0 radical (unpaired) electrons. The molecule has 1 rings (SSSR count). The van der Waals surface area contributed by atoms with Gasteiger partial charge in [-0.2, -0.15) is 5.26 Å². The van der Waals surface area contributed by atoms with Crippen LogP contribution >= 0.6 is 0 Å². The molecule has 0 aliphatic heterocycles. The van der Waals surface area contributed by atoms with E-state index in [9.17, 15) is 0 Å². The van der Waals surface area contributed by atoms with Crippen molar-refractivity contribution >= 4 is 0 Å². The molecule has 0 aliphatic rings. The first-order valence-corrected chi connectivity index (χ1v) is 3.78. The molecule has 0 N–H and O–H groups in total. The highest BCUT2D eigenvalue weighted by molar-refractivity contribution is 5.25. The predicted octanol–water partition coefficient (Wildman–Crippen LogP) is 2.02. The second-order valence-electron chi connectivity index (χ2n) is 3.10.